The molecule has 1 aliphatic rings. The van der Waals surface area contributed by atoms with E-state index in [1.54, 1.807) is 0 Å². The molecule has 1 atom stereocenters. The number of aromatic nitrogens is 1. The van der Waals surface area contributed by atoms with Crippen LogP contribution in [0.2, 0.25) is 0 Å². The Kier molecular flexibility index (Phi) is 2.62. The summed E-state index contributed by atoms with van der Waals surface area (Å²) >= 11 is 0. The SMILES string of the molecule is CCC(=O)N1CCc2c([nH]c3ccccc23)C1C. The second-order valence-corrected chi connectivity index (χ2v) is 4.93. The Bertz CT molecular complexity index is 600. The van der Waals surface area contributed by atoms with Crippen molar-refractivity contribution in [1.82, 2.24) is 9.88 Å². The Balaban J connectivity index is 2.08. The molecule has 1 amide bonds. The molecule has 3 rings (SSSR count). The second kappa shape index (κ2) is 4.16. The fourth-order valence-electron chi connectivity index (χ4n) is 2.97. The Morgan fingerprint density at radius 3 is 3.00 bits per heavy atom. The number of amides is 1. The molecule has 2 heterocycles. The van der Waals surface area contributed by atoms with E-state index in [4.69, 9.17) is 0 Å². The molecule has 0 aliphatic carbocycles. The van der Waals surface area contributed by atoms with Gasteiger partial charge in [0.05, 0.1) is 6.04 Å². The normalized spacial score (nSPS) is 19.0. The first kappa shape index (κ1) is 11.3. The van der Waals surface area contributed by atoms with Crippen molar-refractivity contribution in [2.24, 2.45) is 0 Å². The maximum absolute atomic E-state index is 11.9. The zero-order chi connectivity index (χ0) is 12.7. The number of carbonyl (C=O) groups is 1. The van der Waals surface area contributed by atoms with Crippen LogP contribution in [0.25, 0.3) is 10.9 Å². The molecule has 3 heteroatoms. The summed E-state index contributed by atoms with van der Waals surface area (Å²) in [5.74, 6) is 0.242. The minimum atomic E-state index is 0.161. The van der Waals surface area contributed by atoms with Crippen molar-refractivity contribution >= 4 is 16.8 Å². The smallest absolute Gasteiger partial charge is 0.222 e. The number of aromatic amines is 1. The zero-order valence-electron chi connectivity index (χ0n) is 10.9. The predicted octanol–water partition coefficient (Wildman–Crippen LogP) is 3.02. The first-order valence-electron chi connectivity index (χ1n) is 6.61. The van der Waals surface area contributed by atoms with Crippen LogP contribution in [0.3, 0.4) is 0 Å². The monoisotopic (exact) mass is 242 g/mol. The predicted molar refractivity (Wildman–Crippen MR) is 72.4 cm³/mol. The van der Waals surface area contributed by atoms with Gasteiger partial charge >= 0.3 is 0 Å². The summed E-state index contributed by atoms with van der Waals surface area (Å²) in [6, 6.07) is 8.55. The maximum atomic E-state index is 11.9. The molecule has 0 radical (unpaired) electrons. The quantitative estimate of drug-likeness (QED) is 0.819. The number of hydrogen-bond acceptors (Lipinski definition) is 1. The summed E-state index contributed by atoms with van der Waals surface area (Å²) in [5.41, 5.74) is 3.78. The molecule has 1 unspecified atom stereocenters. The highest BCUT2D eigenvalue weighted by atomic mass is 16.2. The summed E-state index contributed by atoms with van der Waals surface area (Å²) < 4.78 is 0. The van der Waals surface area contributed by atoms with E-state index in [0.29, 0.717) is 6.42 Å². The lowest BCUT2D eigenvalue weighted by molar-refractivity contribution is -0.133. The van der Waals surface area contributed by atoms with Gasteiger partial charge in [0, 0.05) is 29.6 Å². The highest BCUT2D eigenvalue weighted by Gasteiger charge is 2.29. The molecule has 1 aromatic carbocycles. The largest absolute Gasteiger partial charge is 0.356 e. The van der Waals surface area contributed by atoms with Gasteiger partial charge in [0.2, 0.25) is 5.91 Å². The van der Waals surface area contributed by atoms with Gasteiger partial charge in [0.1, 0.15) is 0 Å². The molecule has 0 saturated carbocycles. The third-order valence-corrected chi connectivity index (χ3v) is 3.96. The molecule has 1 aliphatic heterocycles. The number of carbonyl (C=O) groups excluding carboxylic acids is 1. The van der Waals surface area contributed by atoms with Gasteiger partial charge < -0.3 is 9.88 Å². The van der Waals surface area contributed by atoms with E-state index in [1.807, 2.05) is 17.9 Å². The molecule has 2 aromatic rings. The molecule has 18 heavy (non-hydrogen) atoms. The van der Waals surface area contributed by atoms with Crippen molar-refractivity contribution in [3.05, 3.63) is 35.5 Å². The van der Waals surface area contributed by atoms with Gasteiger partial charge in [-0.2, -0.15) is 0 Å². The maximum Gasteiger partial charge on any atom is 0.222 e. The number of para-hydroxylation sites is 1. The van der Waals surface area contributed by atoms with Crippen LogP contribution in [0.15, 0.2) is 24.3 Å². The lowest BCUT2D eigenvalue weighted by Crippen LogP contribution is -2.38. The van der Waals surface area contributed by atoms with E-state index in [-0.39, 0.29) is 11.9 Å². The average Bonchev–Trinajstić information content (AvgIpc) is 2.78. The van der Waals surface area contributed by atoms with Crippen molar-refractivity contribution in [2.45, 2.75) is 32.7 Å². The Hall–Kier alpha value is -1.77. The van der Waals surface area contributed by atoms with Crippen LogP contribution < -0.4 is 0 Å². The molecule has 3 nitrogen and oxygen atoms in total. The van der Waals surface area contributed by atoms with Crippen molar-refractivity contribution in [3.63, 3.8) is 0 Å². The Morgan fingerprint density at radius 1 is 1.44 bits per heavy atom. The van der Waals surface area contributed by atoms with Crippen LogP contribution in [-0.2, 0) is 11.2 Å². The topological polar surface area (TPSA) is 36.1 Å². The fourth-order valence-corrected chi connectivity index (χ4v) is 2.97. The summed E-state index contributed by atoms with van der Waals surface area (Å²) in [6.45, 7) is 4.87. The van der Waals surface area contributed by atoms with E-state index in [0.717, 1.165) is 13.0 Å². The number of rotatable bonds is 1. The van der Waals surface area contributed by atoms with Crippen LogP contribution in [-0.4, -0.2) is 22.3 Å². The summed E-state index contributed by atoms with van der Waals surface area (Å²) in [7, 11) is 0. The minimum absolute atomic E-state index is 0.161. The number of H-pyrrole nitrogens is 1. The van der Waals surface area contributed by atoms with E-state index < -0.39 is 0 Å². The number of benzene rings is 1. The van der Waals surface area contributed by atoms with E-state index >= 15 is 0 Å². The molecule has 0 spiro atoms. The number of nitrogens with one attached hydrogen (secondary N) is 1. The van der Waals surface area contributed by atoms with Gasteiger partial charge in [-0.3, -0.25) is 4.79 Å². The molecule has 94 valence electrons. The summed E-state index contributed by atoms with van der Waals surface area (Å²) in [6.07, 6.45) is 1.54. The van der Waals surface area contributed by atoms with Crippen LogP contribution in [0.5, 0.6) is 0 Å². The molecule has 0 saturated heterocycles. The van der Waals surface area contributed by atoms with Gasteiger partial charge in [0.25, 0.3) is 0 Å². The third-order valence-electron chi connectivity index (χ3n) is 3.96. The van der Waals surface area contributed by atoms with Gasteiger partial charge in [-0.15, -0.1) is 0 Å². The molecular formula is C15H18N2O. The van der Waals surface area contributed by atoms with E-state index in [2.05, 4.69) is 30.1 Å². The standard InChI is InChI=1S/C15H18N2O/c1-3-14(18)17-9-8-12-11-6-4-5-7-13(11)16-15(12)10(17)2/h4-7,10,16H,3,8-9H2,1-2H3. The number of hydrogen-bond donors (Lipinski definition) is 1. The highest BCUT2D eigenvalue weighted by molar-refractivity contribution is 5.86. The number of nitrogens with zero attached hydrogens (tertiary/aromatic N) is 1. The third kappa shape index (κ3) is 1.54. The van der Waals surface area contributed by atoms with Gasteiger partial charge in [0.15, 0.2) is 0 Å². The molecule has 0 fully saturated rings. The fraction of sp³-hybridized carbons (Fsp3) is 0.400. The summed E-state index contributed by atoms with van der Waals surface area (Å²) in [5, 5.41) is 1.31. The highest BCUT2D eigenvalue weighted by Crippen LogP contribution is 2.34. The lowest BCUT2D eigenvalue weighted by Gasteiger charge is -2.33. The number of fused-ring (bicyclic) bond motifs is 3. The van der Waals surface area contributed by atoms with E-state index in [1.165, 1.54) is 22.2 Å². The van der Waals surface area contributed by atoms with Crippen molar-refractivity contribution in [1.29, 1.82) is 0 Å². The minimum Gasteiger partial charge on any atom is -0.356 e. The second-order valence-electron chi connectivity index (χ2n) is 4.93. The molecule has 1 aromatic heterocycles. The average molecular weight is 242 g/mol. The van der Waals surface area contributed by atoms with Crippen molar-refractivity contribution < 1.29 is 4.79 Å². The summed E-state index contributed by atoms with van der Waals surface area (Å²) in [4.78, 5) is 17.4. The van der Waals surface area contributed by atoms with Crippen LogP contribution in [0.4, 0.5) is 0 Å². The van der Waals surface area contributed by atoms with Gasteiger partial charge in [-0.05, 0) is 25.0 Å². The molecule has 0 bridgehead atoms. The van der Waals surface area contributed by atoms with Crippen molar-refractivity contribution in [3.8, 4) is 0 Å². The zero-order valence-corrected chi connectivity index (χ0v) is 10.9. The van der Waals surface area contributed by atoms with Gasteiger partial charge in [-0.25, -0.2) is 0 Å². The Morgan fingerprint density at radius 2 is 2.22 bits per heavy atom. The van der Waals surface area contributed by atoms with Crippen LogP contribution in [0.1, 0.15) is 37.6 Å². The van der Waals surface area contributed by atoms with E-state index in [9.17, 15) is 4.79 Å². The Labute approximate surface area is 107 Å². The van der Waals surface area contributed by atoms with Crippen molar-refractivity contribution in [2.75, 3.05) is 6.54 Å². The lowest BCUT2D eigenvalue weighted by atomic mass is 9.98. The van der Waals surface area contributed by atoms with Gasteiger partial charge in [-0.1, -0.05) is 25.1 Å². The molecular weight excluding hydrogens is 224 g/mol. The first-order valence-corrected chi connectivity index (χ1v) is 6.61. The molecule has 1 N–H and O–H groups in total. The van der Waals surface area contributed by atoms with Crippen LogP contribution in [0, 0.1) is 0 Å². The first-order chi connectivity index (χ1) is 8.72. The van der Waals surface area contributed by atoms with Crippen LogP contribution >= 0.6 is 0 Å².